The quantitative estimate of drug-likeness (QED) is 0.815. The van der Waals surface area contributed by atoms with Crippen LogP contribution in [0, 0.1) is 6.92 Å². The minimum absolute atomic E-state index is 0.991. The molecule has 0 unspecified atom stereocenters. The number of thiophene rings is 2. The number of aryl methyl sites for hydroxylation is 1. The summed E-state index contributed by atoms with van der Waals surface area (Å²) in [5.74, 6) is 0. The highest BCUT2D eigenvalue weighted by atomic mass is 79.9. The van der Waals surface area contributed by atoms with Crippen LogP contribution in [0.4, 0.5) is 0 Å². The van der Waals surface area contributed by atoms with Crippen LogP contribution in [0.2, 0.25) is 0 Å². The zero-order valence-electron chi connectivity index (χ0n) is 9.13. The molecule has 2 aromatic rings. The lowest BCUT2D eigenvalue weighted by Gasteiger charge is -2.01. The van der Waals surface area contributed by atoms with Crippen LogP contribution in [0.5, 0.6) is 0 Å². The number of hydrogen-bond donors (Lipinski definition) is 1. The average molecular weight is 316 g/mol. The first kappa shape index (κ1) is 12.3. The molecule has 4 heteroatoms. The highest BCUT2D eigenvalue weighted by molar-refractivity contribution is 9.11. The first-order valence-electron chi connectivity index (χ1n) is 5.24. The summed E-state index contributed by atoms with van der Waals surface area (Å²) in [6.07, 6.45) is 1.11. The zero-order chi connectivity index (χ0) is 11.4. The Kier molecular flexibility index (Phi) is 4.58. The lowest BCUT2D eigenvalue weighted by atomic mass is 10.3. The van der Waals surface area contributed by atoms with E-state index in [1.165, 1.54) is 18.4 Å². The molecule has 1 nitrogen and oxygen atoms in total. The summed E-state index contributed by atoms with van der Waals surface area (Å²) < 4.78 is 1.22. The van der Waals surface area contributed by atoms with Crippen LogP contribution in [-0.4, -0.2) is 6.54 Å². The van der Waals surface area contributed by atoms with Crippen molar-refractivity contribution in [3.63, 3.8) is 0 Å². The Bertz CT molecular complexity index is 405. The summed E-state index contributed by atoms with van der Waals surface area (Å²) in [7, 11) is 0. The van der Waals surface area contributed by atoms with Crippen LogP contribution in [0.25, 0.3) is 0 Å². The molecule has 0 spiro atoms. The molecule has 0 atom stereocenters. The Balaban J connectivity index is 1.69. The maximum atomic E-state index is 3.48. The monoisotopic (exact) mass is 315 g/mol. The first-order chi connectivity index (χ1) is 7.74. The van der Waals surface area contributed by atoms with Crippen LogP contribution in [0.1, 0.15) is 14.6 Å². The van der Waals surface area contributed by atoms with Gasteiger partial charge in [0.25, 0.3) is 0 Å². The molecule has 0 amide bonds. The number of rotatable bonds is 5. The number of hydrogen-bond acceptors (Lipinski definition) is 3. The van der Waals surface area contributed by atoms with Gasteiger partial charge in [-0.05, 0) is 53.5 Å². The molecule has 0 fully saturated rings. The normalized spacial score (nSPS) is 10.9. The van der Waals surface area contributed by atoms with Crippen molar-refractivity contribution >= 4 is 38.6 Å². The van der Waals surface area contributed by atoms with E-state index in [0.717, 1.165) is 19.5 Å². The van der Waals surface area contributed by atoms with Gasteiger partial charge in [-0.3, -0.25) is 0 Å². The van der Waals surface area contributed by atoms with Crippen LogP contribution in [-0.2, 0) is 13.0 Å². The SMILES string of the molecule is Cc1ccc(CNCCc2ccc(Br)s2)s1. The molecule has 2 heterocycles. The summed E-state index contributed by atoms with van der Waals surface area (Å²) in [4.78, 5) is 4.24. The summed E-state index contributed by atoms with van der Waals surface area (Å²) >= 11 is 7.17. The van der Waals surface area contributed by atoms with E-state index in [1.54, 1.807) is 0 Å². The fourth-order valence-electron chi connectivity index (χ4n) is 1.49. The van der Waals surface area contributed by atoms with E-state index < -0.39 is 0 Å². The highest BCUT2D eigenvalue weighted by Gasteiger charge is 1.98. The standard InChI is InChI=1S/C12H14BrNS2/c1-9-2-3-11(15-9)8-14-7-6-10-4-5-12(13)16-10/h2-5,14H,6-8H2,1H3. The Hall–Kier alpha value is -0.160. The minimum Gasteiger partial charge on any atom is -0.311 e. The largest absolute Gasteiger partial charge is 0.311 e. The van der Waals surface area contributed by atoms with Gasteiger partial charge in [-0.15, -0.1) is 22.7 Å². The summed E-state index contributed by atoms with van der Waals surface area (Å²) in [5.41, 5.74) is 0. The molecule has 0 aliphatic heterocycles. The third-order valence-electron chi connectivity index (χ3n) is 2.27. The van der Waals surface area contributed by atoms with Crippen molar-refractivity contribution in [3.05, 3.63) is 42.7 Å². The first-order valence-corrected chi connectivity index (χ1v) is 7.67. The molecule has 86 valence electrons. The van der Waals surface area contributed by atoms with Gasteiger partial charge in [-0.2, -0.15) is 0 Å². The van der Waals surface area contributed by atoms with Gasteiger partial charge in [-0.1, -0.05) is 0 Å². The van der Waals surface area contributed by atoms with Crippen molar-refractivity contribution in [1.82, 2.24) is 5.32 Å². The molecule has 0 saturated heterocycles. The number of halogens is 1. The Morgan fingerprint density at radius 3 is 2.56 bits per heavy atom. The molecule has 1 N–H and O–H groups in total. The molecule has 0 radical (unpaired) electrons. The van der Waals surface area contributed by atoms with Gasteiger partial charge >= 0.3 is 0 Å². The van der Waals surface area contributed by atoms with Crippen molar-refractivity contribution in [2.45, 2.75) is 19.9 Å². The molecule has 0 saturated carbocycles. The smallest absolute Gasteiger partial charge is 0.0701 e. The van der Waals surface area contributed by atoms with E-state index in [2.05, 4.69) is 52.4 Å². The predicted molar refractivity (Wildman–Crippen MR) is 76.5 cm³/mol. The summed E-state index contributed by atoms with van der Waals surface area (Å²) in [6.45, 7) is 4.19. The number of nitrogens with one attached hydrogen (secondary N) is 1. The third kappa shape index (κ3) is 3.70. The third-order valence-corrected chi connectivity index (χ3v) is 4.96. The zero-order valence-corrected chi connectivity index (χ0v) is 12.3. The predicted octanol–water partition coefficient (Wildman–Crippen LogP) is 4.21. The Labute approximate surface area is 113 Å². The van der Waals surface area contributed by atoms with Crippen molar-refractivity contribution in [2.24, 2.45) is 0 Å². The lowest BCUT2D eigenvalue weighted by Crippen LogP contribution is -2.15. The minimum atomic E-state index is 0.991. The molecule has 0 aliphatic rings. The van der Waals surface area contributed by atoms with E-state index >= 15 is 0 Å². The van der Waals surface area contributed by atoms with Crippen LogP contribution < -0.4 is 5.32 Å². The van der Waals surface area contributed by atoms with Crippen molar-refractivity contribution < 1.29 is 0 Å². The Morgan fingerprint density at radius 2 is 1.94 bits per heavy atom. The molecule has 2 aromatic heterocycles. The van der Waals surface area contributed by atoms with Gasteiger partial charge in [0.2, 0.25) is 0 Å². The van der Waals surface area contributed by atoms with E-state index in [1.807, 2.05) is 22.7 Å². The molecular formula is C12H14BrNS2. The van der Waals surface area contributed by atoms with Crippen LogP contribution in [0.15, 0.2) is 28.1 Å². The van der Waals surface area contributed by atoms with E-state index in [-0.39, 0.29) is 0 Å². The van der Waals surface area contributed by atoms with Crippen molar-refractivity contribution in [3.8, 4) is 0 Å². The Morgan fingerprint density at radius 1 is 1.12 bits per heavy atom. The second-order valence-electron chi connectivity index (χ2n) is 3.64. The van der Waals surface area contributed by atoms with Gasteiger partial charge in [0.15, 0.2) is 0 Å². The molecular weight excluding hydrogens is 302 g/mol. The van der Waals surface area contributed by atoms with E-state index in [0.29, 0.717) is 0 Å². The fraction of sp³-hybridized carbons (Fsp3) is 0.333. The average Bonchev–Trinajstić information content (AvgIpc) is 2.83. The lowest BCUT2D eigenvalue weighted by molar-refractivity contribution is 0.697. The second kappa shape index (κ2) is 5.96. The van der Waals surface area contributed by atoms with E-state index in [9.17, 15) is 0 Å². The molecule has 0 bridgehead atoms. The van der Waals surface area contributed by atoms with E-state index in [4.69, 9.17) is 0 Å². The van der Waals surface area contributed by atoms with Gasteiger partial charge in [0.1, 0.15) is 0 Å². The maximum absolute atomic E-state index is 3.48. The highest BCUT2D eigenvalue weighted by Crippen LogP contribution is 2.22. The summed E-state index contributed by atoms with van der Waals surface area (Å²) in [6, 6.07) is 8.68. The van der Waals surface area contributed by atoms with Gasteiger partial charge < -0.3 is 5.32 Å². The topological polar surface area (TPSA) is 12.0 Å². The summed E-state index contributed by atoms with van der Waals surface area (Å²) in [5, 5.41) is 3.47. The maximum Gasteiger partial charge on any atom is 0.0701 e. The van der Waals surface area contributed by atoms with Gasteiger partial charge in [0, 0.05) is 27.7 Å². The fourth-order valence-corrected chi connectivity index (χ4v) is 3.83. The second-order valence-corrected chi connectivity index (χ2v) is 7.56. The van der Waals surface area contributed by atoms with Gasteiger partial charge in [-0.25, -0.2) is 0 Å². The van der Waals surface area contributed by atoms with Crippen molar-refractivity contribution in [1.29, 1.82) is 0 Å². The van der Waals surface area contributed by atoms with Crippen molar-refractivity contribution in [2.75, 3.05) is 6.54 Å². The molecule has 0 aliphatic carbocycles. The molecule has 16 heavy (non-hydrogen) atoms. The van der Waals surface area contributed by atoms with Gasteiger partial charge in [0.05, 0.1) is 3.79 Å². The van der Waals surface area contributed by atoms with Crippen LogP contribution in [0.3, 0.4) is 0 Å². The van der Waals surface area contributed by atoms with Crippen LogP contribution >= 0.6 is 38.6 Å². The molecule has 0 aromatic carbocycles. The molecule has 2 rings (SSSR count).